The number of hydrogen-bond donors (Lipinski definition) is 3. The number of benzene rings is 1. The highest BCUT2D eigenvalue weighted by Gasteiger charge is 2.20. The molecule has 1 aromatic carbocycles. The van der Waals surface area contributed by atoms with Gasteiger partial charge in [0.15, 0.2) is 0 Å². The fraction of sp³-hybridized carbons (Fsp3) is 0.619. The fourth-order valence-electron chi connectivity index (χ4n) is 2.47. The molecule has 0 atom stereocenters. The smallest absolute Gasteiger partial charge is 0.220 e. The van der Waals surface area contributed by atoms with Crippen LogP contribution in [0.4, 0.5) is 0 Å². The summed E-state index contributed by atoms with van der Waals surface area (Å²) >= 11 is 0. The molecule has 1 rings (SSSR count). The van der Waals surface area contributed by atoms with Crippen molar-refractivity contribution in [1.82, 2.24) is 10.6 Å². The highest BCUT2D eigenvalue weighted by molar-refractivity contribution is 5.77. The Morgan fingerprint density at radius 3 is 1.96 bits per heavy atom. The Morgan fingerprint density at radius 2 is 1.46 bits per heavy atom. The summed E-state index contributed by atoms with van der Waals surface area (Å²) in [7, 11) is 0. The van der Waals surface area contributed by atoms with Crippen molar-refractivity contribution in [3.05, 3.63) is 35.4 Å². The molecule has 0 saturated carbocycles. The predicted octanol–water partition coefficient (Wildman–Crippen LogP) is 2.56. The second kappa shape index (κ2) is 9.72. The van der Waals surface area contributed by atoms with Gasteiger partial charge in [0.1, 0.15) is 0 Å². The zero-order chi connectivity index (χ0) is 19.8. The molecule has 0 spiro atoms. The molecular weight excluding hydrogens is 328 g/mol. The van der Waals surface area contributed by atoms with E-state index in [-0.39, 0.29) is 30.3 Å². The maximum absolute atomic E-state index is 11.9. The monoisotopic (exact) mass is 362 g/mol. The summed E-state index contributed by atoms with van der Waals surface area (Å²) in [5, 5.41) is 14.7. The van der Waals surface area contributed by atoms with Gasteiger partial charge >= 0.3 is 0 Å². The Bertz CT molecular complexity index is 586. The molecule has 5 heteroatoms. The van der Waals surface area contributed by atoms with Crippen LogP contribution in [0.5, 0.6) is 0 Å². The predicted molar refractivity (Wildman–Crippen MR) is 105 cm³/mol. The zero-order valence-corrected chi connectivity index (χ0v) is 16.8. The molecule has 0 aromatic heterocycles. The number of aryl methyl sites for hydroxylation is 1. The molecule has 0 heterocycles. The highest BCUT2D eigenvalue weighted by atomic mass is 16.3. The van der Waals surface area contributed by atoms with Crippen molar-refractivity contribution in [2.45, 2.75) is 59.3 Å². The van der Waals surface area contributed by atoms with Crippen molar-refractivity contribution >= 4 is 11.8 Å². The number of hydrogen-bond acceptors (Lipinski definition) is 3. The topological polar surface area (TPSA) is 78.4 Å². The minimum Gasteiger partial charge on any atom is -0.396 e. The number of carbonyl (C=O) groups is 2. The van der Waals surface area contributed by atoms with E-state index >= 15 is 0 Å². The summed E-state index contributed by atoms with van der Waals surface area (Å²) < 4.78 is 0. The molecule has 2 amide bonds. The number of aliphatic hydroxyl groups is 1. The van der Waals surface area contributed by atoms with Crippen LogP contribution in [0.2, 0.25) is 0 Å². The average molecular weight is 363 g/mol. The van der Waals surface area contributed by atoms with Crippen molar-refractivity contribution < 1.29 is 14.7 Å². The van der Waals surface area contributed by atoms with Gasteiger partial charge in [-0.05, 0) is 28.4 Å². The van der Waals surface area contributed by atoms with Gasteiger partial charge in [-0.2, -0.15) is 0 Å². The lowest BCUT2D eigenvalue weighted by Crippen LogP contribution is -2.36. The molecule has 0 unspecified atom stereocenters. The molecule has 3 N–H and O–H groups in total. The lowest BCUT2D eigenvalue weighted by atomic mass is 9.86. The summed E-state index contributed by atoms with van der Waals surface area (Å²) in [5.74, 6) is -0.132. The Hall–Kier alpha value is -1.88. The molecule has 0 aliphatic heterocycles. The van der Waals surface area contributed by atoms with E-state index in [0.29, 0.717) is 25.9 Å². The molecule has 0 aliphatic carbocycles. The second-order valence-electron chi connectivity index (χ2n) is 8.65. The first kappa shape index (κ1) is 22.2. The number of aliphatic hydroxyl groups excluding tert-OH is 1. The third kappa shape index (κ3) is 8.48. The number of rotatable bonds is 9. The lowest BCUT2D eigenvalue weighted by molar-refractivity contribution is -0.124. The minimum atomic E-state index is -0.421. The summed E-state index contributed by atoms with van der Waals surface area (Å²) in [5.41, 5.74) is 2.14. The summed E-state index contributed by atoms with van der Waals surface area (Å²) in [4.78, 5) is 23.6. The number of nitrogens with one attached hydrogen (secondary N) is 2. The molecule has 1 aromatic rings. The van der Waals surface area contributed by atoms with Gasteiger partial charge in [-0.15, -0.1) is 0 Å². The van der Waals surface area contributed by atoms with E-state index < -0.39 is 5.41 Å². The molecule has 146 valence electrons. The SMILES string of the molecule is CC(C)(CO)CC(=O)NCCNC(=O)CCc1ccc(C(C)(C)C)cc1. The number of amides is 2. The van der Waals surface area contributed by atoms with Crippen LogP contribution in [0, 0.1) is 5.41 Å². The molecule has 0 aliphatic rings. The fourth-order valence-corrected chi connectivity index (χ4v) is 2.47. The Balaban J connectivity index is 2.24. The molecule has 0 bridgehead atoms. The van der Waals surface area contributed by atoms with Crippen molar-refractivity contribution in [3.8, 4) is 0 Å². The third-order valence-electron chi connectivity index (χ3n) is 4.30. The van der Waals surface area contributed by atoms with Crippen LogP contribution in [0.1, 0.15) is 58.6 Å². The highest BCUT2D eigenvalue weighted by Crippen LogP contribution is 2.22. The van der Waals surface area contributed by atoms with Crippen LogP contribution < -0.4 is 10.6 Å². The first-order chi connectivity index (χ1) is 12.0. The van der Waals surface area contributed by atoms with Gasteiger partial charge in [0.2, 0.25) is 11.8 Å². The number of carbonyl (C=O) groups excluding carboxylic acids is 2. The average Bonchev–Trinajstić information content (AvgIpc) is 2.56. The normalized spacial score (nSPS) is 11.9. The lowest BCUT2D eigenvalue weighted by Gasteiger charge is -2.20. The third-order valence-corrected chi connectivity index (χ3v) is 4.30. The van der Waals surface area contributed by atoms with E-state index in [1.807, 2.05) is 13.8 Å². The minimum absolute atomic E-state index is 0.0187. The van der Waals surface area contributed by atoms with Gasteiger partial charge in [-0.25, -0.2) is 0 Å². The van der Waals surface area contributed by atoms with Gasteiger partial charge in [0.05, 0.1) is 0 Å². The van der Waals surface area contributed by atoms with Crippen LogP contribution in [0.3, 0.4) is 0 Å². The molecular formula is C21H34N2O3. The van der Waals surface area contributed by atoms with Crippen molar-refractivity contribution in [3.63, 3.8) is 0 Å². The van der Waals surface area contributed by atoms with Gasteiger partial charge in [-0.1, -0.05) is 58.9 Å². The maximum atomic E-state index is 11.9. The Morgan fingerprint density at radius 1 is 0.923 bits per heavy atom. The van der Waals surface area contributed by atoms with E-state index in [0.717, 1.165) is 5.56 Å². The van der Waals surface area contributed by atoms with Gasteiger partial charge in [-0.3, -0.25) is 9.59 Å². The largest absolute Gasteiger partial charge is 0.396 e. The molecule has 26 heavy (non-hydrogen) atoms. The standard InChI is InChI=1S/C21H34N2O3/c1-20(2,3)17-9-6-16(7-10-17)8-11-18(25)22-12-13-23-19(26)14-21(4,5)15-24/h6-7,9-10,24H,8,11-15H2,1-5H3,(H,22,25)(H,23,26). The van der Waals surface area contributed by atoms with Gasteiger partial charge in [0.25, 0.3) is 0 Å². The van der Waals surface area contributed by atoms with Crippen LogP contribution in [-0.4, -0.2) is 36.6 Å². The summed E-state index contributed by atoms with van der Waals surface area (Å²) in [6.07, 6.45) is 1.40. The Kier molecular flexibility index (Phi) is 8.28. The van der Waals surface area contributed by atoms with E-state index in [1.54, 1.807) is 0 Å². The quantitative estimate of drug-likeness (QED) is 0.591. The molecule has 0 radical (unpaired) electrons. The van der Waals surface area contributed by atoms with Crippen molar-refractivity contribution in [2.24, 2.45) is 5.41 Å². The summed E-state index contributed by atoms with van der Waals surface area (Å²) in [6, 6.07) is 8.40. The first-order valence-electron chi connectivity index (χ1n) is 9.27. The van der Waals surface area contributed by atoms with Crippen molar-refractivity contribution in [1.29, 1.82) is 0 Å². The zero-order valence-electron chi connectivity index (χ0n) is 16.8. The first-order valence-corrected chi connectivity index (χ1v) is 9.27. The maximum Gasteiger partial charge on any atom is 0.220 e. The van der Waals surface area contributed by atoms with Gasteiger partial charge in [0, 0.05) is 32.5 Å². The van der Waals surface area contributed by atoms with E-state index in [1.165, 1.54) is 5.56 Å². The van der Waals surface area contributed by atoms with E-state index in [2.05, 4.69) is 55.7 Å². The molecule has 5 nitrogen and oxygen atoms in total. The van der Waals surface area contributed by atoms with E-state index in [4.69, 9.17) is 5.11 Å². The van der Waals surface area contributed by atoms with Crippen LogP contribution in [0.15, 0.2) is 24.3 Å². The Labute approximate surface area is 157 Å². The van der Waals surface area contributed by atoms with Gasteiger partial charge < -0.3 is 15.7 Å². The van der Waals surface area contributed by atoms with Crippen LogP contribution in [-0.2, 0) is 21.4 Å². The van der Waals surface area contributed by atoms with Crippen molar-refractivity contribution in [2.75, 3.05) is 19.7 Å². The second-order valence-corrected chi connectivity index (χ2v) is 8.65. The molecule has 0 fully saturated rings. The molecule has 0 saturated heterocycles. The summed E-state index contributed by atoms with van der Waals surface area (Å²) in [6.45, 7) is 11.0. The van der Waals surface area contributed by atoms with Crippen LogP contribution in [0.25, 0.3) is 0 Å². The van der Waals surface area contributed by atoms with E-state index in [9.17, 15) is 9.59 Å². The van der Waals surface area contributed by atoms with Crippen LogP contribution >= 0.6 is 0 Å².